The Balaban J connectivity index is 2.68. The number of hydrogen-bond donors (Lipinski definition) is 6. The van der Waals surface area contributed by atoms with Crippen LogP contribution in [-0.4, -0.2) is 57.0 Å². The van der Waals surface area contributed by atoms with Crippen LogP contribution < -0.4 is 22.0 Å². The summed E-state index contributed by atoms with van der Waals surface area (Å²) >= 11 is 0. The molecule has 1 rings (SSSR count). The number of hydrogen-bond acceptors (Lipinski definition) is 5. The van der Waals surface area contributed by atoms with Gasteiger partial charge in [0.25, 0.3) is 0 Å². The van der Waals surface area contributed by atoms with Crippen LogP contribution in [0.25, 0.3) is 0 Å². The third-order valence-corrected chi connectivity index (χ3v) is 5.32. The molecular weight excluding hydrogens is 354 g/mol. The minimum atomic E-state index is -4.01. The van der Waals surface area contributed by atoms with E-state index in [0.29, 0.717) is 22.2 Å². The highest BCUT2D eigenvalue weighted by Crippen LogP contribution is 2.36. The summed E-state index contributed by atoms with van der Waals surface area (Å²) in [5.74, 6) is 0. The van der Waals surface area contributed by atoms with E-state index >= 15 is 0 Å². The highest BCUT2D eigenvalue weighted by molar-refractivity contribution is 7.57. The van der Waals surface area contributed by atoms with Crippen LogP contribution >= 0.6 is 15.2 Å². The summed E-state index contributed by atoms with van der Waals surface area (Å²) in [7, 11) is -8.02. The second-order valence-corrected chi connectivity index (χ2v) is 8.69. The van der Waals surface area contributed by atoms with Crippen molar-refractivity contribution in [2.24, 2.45) is 22.0 Å². The van der Waals surface area contributed by atoms with E-state index < -0.39 is 39.6 Å². The van der Waals surface area contributed by atoms with E-state index in [-0.39, 0.29) is 13.1 Å². The fourth-order valence-corrected chi connectivity index (χ4v) is 3.52. The fraction of sp³-hybridized carbons (Fsp3) is 0.750. The van der Waals surface area contributed by atoms with Crippen LogP contribution in [0.15, 0.2) is 0 Å². The number of nitrogens with two attached hydrogens (primary N) is 4. The molecule has 2 amide bonds. The highest BCUT2D eigenvalue weighted by atomic mass is 31.2. The van der Waals surface area contributed by atoms with Crippen LogP contribution in [0.5, 0.6) is 0 Å². The van der Waals surface area contributed by atoms with Crippen molar-refractivity contribution in [3.63, 3.8) is 0 Å². The molecule has 0 aromatic rings. The second-order valence-electron chi connectivity index (χ2n) is 5.03. The lowest BCUT2D eigenvalue weighted by Gasteiger charge is -2.27. The van der Waals surface area contributed by atoms with Crippen LogP contribution in [0.3, 0.4) is 0 Å². The molecule has 15 heteroatoms. The quantitative estimate of drug-likeness (QED) is 0.326. The van der Waals surface area contributed by atoms with Crippen LogP contribution in [0, 0.1) is 0 Å². The van der Waals surface area contributed by atoms with Crippen LogP contribution in [0.4, 0.5) is 9.59 Å². The van der Waals surface area contributed by atoms with Crippen LogP contribution in [0.2, 0.25) is 0 Å². The summed E-state index contributed by atoms with van der Waals surface area (Å²) in [6.45, 7) is -0.682. The number of amides is 2. The number of carbonyl (C=O) groups is 2. The van der Waals surface area contributed by atoms with E-state index in [0.717, 1.165) is 0 Å². The number of nitrogens with zero attached hydrogens (tertiary/aromatic N) is 2. The molecule has 1 heterocycles. The van der Waals surface area contributed by atoms with Gasteiger partial charge in [0.15, 0.2) is 0 Å². The van der Waals surface area contributed by atoms with Gasteiger partial charge in [-0.05, 0) is 12.8 Å². The summed E-state index contributed by atoms with van der Waals surface area (Å²) in [4.78, 5) is 22.0. The van der Waals surface area contributed by atoms with Gasteiger partial charge >= 0.3 is 27.4 Å². The Morgan fingerprint density at radius 3 is 1.43 bits per heavy atom. The summed E-state index contributed by atoms with van der Waals surface area (Å²) in [6.07, 6.45) is -3.84. The lowest BCUT2D eigenvalue weighted by atomic mass is 10.2. The van der Waals surface area contributed by atoms with Gasteiger partial charge in [-0.15, -0.1) is 0 Å². The molecule has 13 nitrogen and oxygen atoms in total. The van der Waals surface area contributed by atoms with Crippen molar-refractivity contribution in [3.8, 4) is 0 Å². The molecule has 23 heavy (non-hydrogen) atoms. The van der Waals surface area contributed by atoms with Gasteiger partial charge in [0, 0.05) is 0 Å². The van der Waals surface area contributed by atoms with E-state index in [1.807, 2.05) is 0 Å². The largest absolute Gasteiger partial charge is 0.465 e. The van der Waals surface area contributed by atoms with Gasteiger partial charge in [0.1, 0.15) is 0 Å². The van der Waals surface area contributed by atoms with E-state index in [2.05, 4.69) is 0 Å². The highest BCUT2D eigenvalue weighted by Gasteiger charge is 2.37. The lowest BCUT2D eigenvalue weighted by Crippen LogP contribution is -2.41. The molecule has 0 bridgehead atoms. The van der Waals surface area contributed by atoms with E-state index in [4.69, 9.17) is 37.0 Å². The molecule has 1 aliphatic rings. The Morgan fingerprint density at radius 2 is 1.22 bits per heavy atom. The third-order valence-electron chi connectivity index (χ3n) is 3.14. The maximum atomic E-state index is 11.5. The molecule has 2 atom stereocenters. The zero-order valence-electron chi connectivity index (χ0n) is 12.0. The predicted molar refractivity (Wildman–Crippen MR) is 79.3 cm³/mol. The molecule has 10 N–H and O–H groups in total. The number of rotatable bonds is 6. The standard InChI is InChI=1S/C8H20N6O7P2/c9-22(10,19)13(7(15)16)3-5-1-2-6(21-5)4-14(8(17)18)23(11,12)20/h5-6H,1-4H2,(H,15,16)(H,17,18)(H4,9,10,19)(H4,11,12,20)/t5-,6-/m0/s1. The van der Waals surface area contributed by atoms with Crippen molar-refractivity contribution >= 4 is 27.4 Å². The summed E-state index contributed by atoms with van der Waals surface area (Å²) in [6, 6.07) is 0. The predicted octanol–water partition coefficient (Wildman–Crippen LogP) is -0.455. The van der Waals surface area contributed by atoms with Crippen LogP contribution in [0.1, 0.15) is 12.8 Å². The van der Waals surface area contributed by atoms with E-state index in [1.54, 1.807) is 0 Å². The molecule has 0 saturated carbocycles. The first-order valence-electron chi connectivity index (χ1n) is 6.34. The zero-order valence-corrected chi connectivity index (χ0v) is 13.8. The van der Waals surface area contributed by atoms with Gasteiger partial charge in [0.05, 0.1) is 25.3 Å². The molecule has 1 saturated heterocycles. The third kappa shape index (κ3) is 5.74. The van der Waals surface area contributed by atoms with Gasteiger partial charge in [-0.1, -0.05) is 0 Å². The van der Waals surface area contributed by atoms with Gasteiger partial charge in [-0.2, -0.15) is 0 Å². The molecule has 0 unspecified atom stereocenters. The van der Waals surface area contributed by atoms with Crippen molar-refractivity contribution in [2.45, 2.75) is 25.0 Å². The maximum Gasteiger partial charge on any atom is 0.414 e. The van der Waals surface area contributed by atoms with Gasteiger partial charge in [-0.25, -0.2) is 18.9 Å². The molecule has 0 spiro atoms. The molecule has 0 aromatic heterocycles. The van der Waals surface area contributed by atoms with Crippen molar-refractivity contribution < 1.29 is 33.7 Å². The number of carboxylic acid groups (broad SMARTS) is 2. The van der Waals surface area contributed by atoms with E-state index in [9.17, 15) is 18.7 Å². The average Bonchev–Trinajstić information content (AvgIpc) is 2.77. The molecule has 1 aliphatic heterocycles. The van der Waals surface area contributed by atoms with Crippen molar-refractivity contribution in [1.82, 2.24) is 9.34 Å². The Morgan fingerprint density at radius 1 is 0.913 bits per heavy atom. The molecule has 134 valence electrons. The molecule has 0 aliphatic carbocycles. The Labute approximate surface area is 131 Å². The first kappa shape index (κ1) is 19.8. The second kappa shape index (κ2) is 7.14. The first-order chi connectivity index (χ1) is 10.3. The Bertz CT molecular complexity index is 513. The fourth-order valence-electron chi connectivity index (χ4n) is 2.11. The van der Waals surface area contributed by atoms with Gasteiger partial charge in [0.2, 0.25) is 0 Å². The minimum Gasteiger partial charge on any atom is -0.465 e. The summed E-state index contributed by atoms with van der Waals surface area (Å²) in [5.41, 5.74) is 20.6. The van der Waals surface area contributed by atoms with E-state index in [1.165, 1.54) is 0 Å². The van der Waals surface area contributed by atoms with Gasteiger partial charge in [-0.3, -0.25) is 31.1 Å². The smallest absolute Gasteiger partial charge is 0.414 e. The molecular formula is C8H20N6O7P2. The molecule has 0 radical (unpaired) electrons. The van der Waals surface area contributed by atoms with Crippen molar-refractivity contribution in [3.05, 3.63) is 0 Å². The van der Waals surface area contributed by atoms with Crippen molar-refractivity contribution in [1.29, 1.82) is 0 Å². The molecule has 0 aromatic carbocycles. The average molecular weight is 374 g/mol. The van der Waals surface area contributed by atoms with Crippen molar-refractivity contribution in [2.75, 3.05) is 13.1 Å². The first-order valence-corrected chi connectivity index (χ1v) is 9.93. The maximum absolute atomic E-state index is 11.5. The number of ether oxygens (including phenoxy) is 1. The lowest BCUT2D eigenvalue weighted by molar-refractivity contribution is 0.0268. The minimum absolute atomic E-state index is 0.335. The van der Waals surface area contributed by atoms with Gasteiger partial charge < -0.3 is 14.9 Å². The summed E-state index contributed by atoms with van der Waals surface area (Å²) in [5, 5.41) is 17.9. The summed E-state index contributed by atoms with van der Waals surface area (Å²) < 4.78 is 29.2. The normalized spacial score (nSPS) is 21.9. The zero-order chi connectivity index (χ0) is 18.0. The Hall–Kier alpha value is -1.20. The Kier molecular flexibility index (Phi) is 6.16. The topological polar surface area (TPSA) is 229 Å². The molecule has 1 fully saturated rings. The monoisotopic (exact) mass is 374 g/mol. The van der Waals surface area contributed by atoms with Crippen LogP contribution in [-0.2, 0) is 13.9 Å². The SMILES string of the molecule is NP(N)(=O)N(C[C@@H]1CC[C@@H](CN(C(=O)O)P(N)(N)=O)O1)C(=O)O.